The van der Waals surface area contributed by atoms with Crippen LogP contribution in [-0.4, -0.2) is 19.6 Å². The molecule has 0 radical (unpaired) electrons. The summed E-state index contributed by atoms with van der Waals surface area (Å²) < 4.78 is 1.89. The van der Waals surface area contributed by atoms with Crippen molar-refractivity contribution in [1.29, 1.82) is 0 Å². The van der Waals surface area contributed by atoms with E-state index in [9.17, 15) is 0 Å². The second kappa shape index (κ2) is 4.20. The van der Waals surface area contributed by atoms with Crippen molar-refractivity contribution in [3.63, 3.8) is 0 Å². The average molecular weight is 266 g/mol. The number of rotatable bonds is 1. The summed E-state index contributed by atoms with van der Waals surface area (Å²) in [7, 11) is 0. The molecule has 0 aromatic carbocycles. The van der Waals surface area contributed by atoms with Crippen LogP contribution < -0.4 is 0 Å². The fraction of sp³-hybridized carbons (Fsp3) is 0.375. The Morgan fingerprint density at radius 3 is 2.95 bits per heavy atom. The highest BCUT2D eigenvalue weighted by Crippen LogP contribution is 2.31. The molecule has 0 fully saturated rings. The summed E-state index contributed by atoms with van der Waals surface area (Å²) in [6.07, 6.45) is 6.03. The van der Waals surface area contributed by atoms with E-state index >= 15 is 0 Å². The Morgan fingerprint density at radius 1 is 1.20 bits per heavy atom. The predicted molar refractivity (Wildman–Crippen MR) is 78.5 cm³/mol. The summed E-state index contributed by atoms with van der Waals surface area (Å²) in [5.74, 6) is 2.39. The number of fused-ring (bicyclic) bond motifs is 2. The van der Waals surface area contributed by atoms with E-state index in [1.165, 1.54) is 11.4 Å². The van der Waals surface area contributed by atoms with Gasteiger partial charge in [0.15, 0.2) is 0 Å². The predicted octanol–water partition coefficient (Wildman–Crippen LogP) is 3.10. The van der Waals surface area contributed by atoms with Gasteiger partial charge < -0.3 is 4.98 Å². The van der Waals surface area contributed by atoms with E-state index in [1.54, 1.807) is 0 Å². The SMILES string of the molecule is CC1Cc2nc(-c3cnn4ccccc34)[nH]c2CC1C. The Labute approximate surface area is 117 Å². The van der Waals surface area contributed by atoms with Crippen LogP contribution in [0.4, 0.5) is 0 Å². The molecule has 3 aromatic rings. The molecule has 0 spiro atoms. The van der Waals surface area contributed by atoms with E-state index in [0.29, 0.717) is 5.92 Å². The molecule has 20 heavy (non-hydrogen) atoms. The normalized spacial score (nSPS) is 22.1. The Bertz CT molecular complexity index is 740. The first-order chi connectivity index (χ1) is 9.72. The summed E-state index contributed by atoms with van der Waals surface area (Å²) >= 11 is 0. The van der Waals surface area contributed by atoms with E-state index in [2.05, 4.69) is 30.0 Å². The number of hydrogen-bond donors (Lipinski definition) is 1. The Hall–Kier alpha value is -2.10. The smallest absolute Gasteiger partial charge is 0.141 e. The maximum atomic E-state index is 4.82. The van der Waals surface area contributed by atoms with Gasteiger partial charge in [0.05, 0.1) is 23.0 Å². The minimum atomic E-state index is 0.711. The fourth-order valence-corrected chi connectivity index (χ4v) is 3.06. The van der Waals surface area contributed by atoms with E-state index in [4.69, 9.17) is 4.98 Å². The van der Waals surface area contributed by atoms with Gasteiger partial charge in [-0.15, -0.1) is 0 Å². The molecule has 0 amide bonds. The molecule has 0 saturated carbocycles. The van der Waals surface area contributed by atoms with Gasteiger partial charge in [-0.05, 0) is 36.8 Å². The van der Waals surface area contributed by atoms with Crippen molar-refractivity contribution >= 4 is 5.52 Å². The van der Waals surface area contributed by atoms with Gasteiger partial charge in [-0.25, -0.2) is 9.50 Å². The quantitative estimate of drug-likeness (QED) is 0.735. The molecule has 3 aromatic heterocycles. The number of aromatic nitrogens is 4. The lowest BCUT2D eigenvalue weighted by Gasteiger charge is -2.24. The minimum Gasteiger partial charge on any atom is -0.341 e. The molecule has 102 valence electrons. The summed E-state index contributed by atoms with van der Waals surface area (Å²) in [6.45, 7) is 4.64. The second-order valence-corrected chi connectivity index (χ2v) is 5.96. The topological polar surface area (TPSA) is 46.0 Å². The standard InChI is InChI=1S/C16H18N4/c1-10-7-13-14(8-11(10)2)19-16(18-13)12-9-17-20-6-4-3-5-15(12)20/h3-6,9-11H,7-8H2,1-2H3,(H,18,19). The van der Waals surface area contributed by atoms with E-state index in [0.717, 1.165) is 35.7 Å². The number of nitrogens with zero attached hydrogens (tertiary/aromatic N) is 3. The lowest BCUT2D eigenvalue weighted by molar-refractivity contribution is 0.355. The van der Waals surface area contributed by atoms with E-state index in [1.807, 2.05) is 29.0 Å². The van der Waals surface area contributed by atoms with Gasteiger partial charge in [-0.3, -0.25) is 0 Å². The maximum absolute atomic E-state index is 4.82. The molecule has 1 aliphatic rings. The van der Waals surface area contributed by atoms with Gasteiger partial charge in [0.2, 0.25) is 0 Å². The summed E-state index contributed by atoms with van der Waals surface area (Å²) in [6, 6.07) is 6.10. The average Bonchev–Trinajstić information content (AvgIpc) is 3.02. The van der Waals surface area contributed by atoms with Crippen molar-refractivity contribution < 1.29 is 0 Å². The van der Waals surface area contributed by atoms with Crippen LogP contribution in [0.15, 0.2) is 30.6 Å². The zero-order chi connectivity index (χ0) is 13.7. The number of H-pyrrole nitrogens is 1. The summed E-state index contributed by atoms with van der Waals surface area (Å²) in [5, 5.41) is 4.39. The first-order valence-electron chi connectivity index (χ1n) is 7.23. The number of aromatic amines is 1. The Morgan fingerprint density at radius 2 is 2.05 bits per heavy atom. The van der Waals surface area contributed by atoms with E-state index in [-0.39, 0.29) is 0 Å². The van der Waals surface area contributed by atoms with Crippen LogP contribution in [0, 0.1) is 11.8 Å². The van der Waals surface area contributed by atoms with Crippen molar-refractivity contribution in [3.05, 3.63) is 42.0 Å². The van der Waals surface area contributed by atoms with Crippen LogP contribution in [0.1, 0.15) is 25.2 Å². The third-order valence-electron chi connectivity index (χ3n) is 4.56. The Kier molecular flexibility index (Phi) is 2.46. The molecular weight excluding hydrogens is 248 g/mol. The van der Waals surface area contributed by atoms with Crippen molar-refractivity contribution in [2.24, 2.45) is 11.8 Å². The van der Waals surface area contributed by atoms with Crippen molar-refractivity contribution in [3.8, 4) is 11.4 Å². The van der Waals surface area contributed by atoms with Crippen LogP contribution in [-0.2, 0) is 12.8 Å². The molecule has 4 rings (SSSR count). The van der Waals surface area contributed by atoms with Gasteiger partial charge in [0.1, 0.15) is 5.82 Å². The maximum Gasteiger partial charge on any atom is 0.141 e. The van der Waals surface area contributed by atoms with Crippen molar-refractivity contribution in [1.82, 2.24) is 19.6 Å². The lowest BCUT2D eigenvalue weighted by atomic mass is 9.82. The molecule has 4 nitrogen and oxygen atoms in total. The second-order valence-electron chi connectivity index (χ2n) is 5.96. The molecule has 0 aliphatic heterocycles. The van der Waals surface area contributed by atoms with Crippen LogP contribution in [0.2, 0.25) is 0 Å². The lowest BCUT2D eigenvalue weighted by Crippen LogP contribution is -2.20. The first-order valence-corrected chi connectivity index (χ1v) is 7.23. The van der Waals surface area contributed by atoms with Crippen LogP contribution >= 0.6 is 0 Å². The molecule has 1 N–H and O–H groups in total. The number of imidazole rings is 1. The first kappa shape index (κ1) is 11.7. The van der Waals surface area contributed by atoms with Crippen LogP contribution in [0.25, 0.3) is 16.9 Å². The third-order valence-corrected chi connectivity index (χ3v) is 4.56. The number of hydrogen-bond acceptors (Lipinski definition) is 2. The van der Waals surface area contributed by atoms with Crippen molar-refractivity contribution in [2.45, 2.75) is 26.7 Å². The highest BCUT2D eigenvalue weighted by Gasteiger charge is 2.25. The zero-order valence-corrected chi connectivity index (χ0v) is 11.8. The van der Waals surface area contributed by atoms with E-state index < -0.39 is 0 Å². The van der Waals surface area contributed by atoms with Gasteiger partial charge in [-0.1, -0.05) is 19.9 Å². The molecular formula is C16H18N4. The molecule has 1 aliphatic carbocycles. The van der Waals surface area contributed by atoms with Crippen LogP contribution in [0.5, 0.6) is 0 Å². The molecule has 0 saturated heterocycles. The molecule has 3 heterocycles. The highest BCUT2D eigenvalue weighted by molar-refractivity contribution is 5.75. The Balaban J connectivity index is 1.82. The van der Waals surface area contributed by atoms with Gasteiger partial charge in [0.25, 0.3) is 0 Å². The largest absolute Gasteiger partial charge is 0.341 e. The molecule has 4 heteroatoms. The van der Waals surface area contributed by atoms with Gasteiger partial charge >= 0.3 is 0 Å². The van der Waals surface area contributed by atoms with Gasteiger partial charge in [-0.2, -0.15) is 5.10 Å². The van der Waals surface area contributed by atoms with Crippen LogP contribution in [0.3, 0.4) is 0 Å². The summed E-state index contributed by atoms with van der Waals surface area (Å²) in [4.78, 5) is 8.33. The number of pyridine rings is 1. The van der Waals surface area contributed by atoms with Gasteiger partial charge in [0, 0.05) is 11.9 Å². The van der Waals surface area contributed by atoms with Crippen molar-refractivity contribution in [2.75, 3.05) is 0 Å². The fourth-order valence-electron chi connectivity index (χ4n) is 3.06. The molecule has 2 unspecified atom stereocenters. The molecule has 2 atom stereocenters. The molecule has 0 bridgehead atoms. The number of nitrogens with one attached hydrogen (secondary N) is 1. The third kappa shape index (κ3) is 1.68. The monoisotopic (exact) mass is 266 g/mol. The zero-order valence-electron chi connectivity index (χ0n) is 11.8. The minimum absolute atomic E-state index is 0.711. The highest BCUT2D eigenvalue weighted by atomic mass is 15.2. The summed E-state index contributed by atoms with van der Waals surface area (Å²) in [5.41, 5.74) is 4.72.